The van der Waals surface area contributed by atoms with E-state index in [1.807, 2.05) is 6.92 Å². The topological polar surface area (TPSA) is 83.6 Å². The molecule has 0 saturated carbocycles. The van der Waals surface area contributed by atoms with Crippen molar-refractivity contribution in [1.82, 2.24) is 4.90 Å². The van der Waals surface area contributed by atoms with Gasteiger partial charge in [0.1, 0.15) is 11.7 Å². The third-order valence-electron chi connectivity index (χ3n) is 3.22. The van der Waals surface area contributed by atoms with Gasteiger partial charge in [0.2, 0.25) is 5.91 Å². The van der Waals surface area contributed by atoms with E-state index in [0.29, 0.717) is 6.42 Å². The van der Waals surface area contributed by atoms with E-state index in [9.17, 15) is 9.59 Å². The molecule has 0 unspecified atom stereocenters. The second-order valence-electron chi connectivity index (χ2n) is 3.95. The highest BCUT2D eigenvalue weighted by molar-refractivity contribution is 5.99. The average molecular weight is 210 g/mol. The van der Waals surface area contributed by atoms with Crippen molar-refractivity contribution in [2.24, 2.45) is 5.73 Å². The van der Waals surface area contributed by atoms with Gasteiger partial charge in [0.15, 0.2) is 0 Å². The van der Waals surface area contributed by atoms with Gasteiger partial charge in [-0.2, -0.15) is 0 Å². The molecule has 3 N–H and O–H groups in total. The summed E-state index contributed by atoms with van der Waals surface area (Å²) in [7, 11) is 0. The molecular formula is C10H14N2O3. The van der Waals surface area contributed by atoms with Crippen molar-refractivity contribution in [2.45, 2.75) is 38.3 Å². The molecular weight excluding hydrogens is 196 g/mol. The van der Waals surface area contributed by atoms with Crippen LogP contribution in [0.2, 0.25) is 0 Å². The standard InChI is InChI=1S/C10H14N2O3/c1-2-5-3-4-6-7(11)9(13)12(6)8(5)10(14)15/h6-7H,2-4,11H2,1H3,(H,14,15)/t6-,7+/m1/s1. The molecule has 15 heavy (non-hydrogen) atoms. The van der Waals surface area contributed by atoms with E-state index in [0.717, 1.165) is 18.4 Å². The number of amides is 1. The van der Waals surface area contributed by atoms with Crippen LogP contribution in [0.3, 0.4) is 0 Å². The van der Waals surface area contributed by atoms with Crippen LogP contribution in [0.4, 0.5) is 0 Å². The monoisotopic (exact) mass is 210 g/mol. The van der Waals surface area contributed by atoms with E-state index in [-0.39, 0.29) is 17.6 Å². The van der Waals surface area contributed by atoms with E-state index in [1.165, 1.54) is 4.90 Å². The second kappa shape index (κ2) is 3.34. The summed E-state index contributed by atoms with van der Waals surface area (Å²) in [4.78, 5) is 23.9. The summed E-state index contributed by atoms with van der Waals surface area (Å²) >= 11 is 0. The van der Waals surface area contributed by atoms with Crippen molar-refractivity contribution in [3.8, 4) is 0 Å². The number of nitrogens with two attached hydrogens (primary N) is 1. The molecule has 0 radical (unpaired) electrons. The summed E-state index contributed by atoms with van der Waals surface area (Å²) in [5, 5.41) is 9.07. The number of carboxylic acid groups (broad SMARTS) is 1. The first kappa shape index (κ1) is 10.2. The Kier molecular flexibility index (Phi) is 2.26. The molecule has 2 rings (SSSR count). The number of β-lactam (4-membered cyclic amide) rings is 1. The predicted molar refractivity (Wildman–Crippen MR) is 52.8 cm³/mol. The Balaban J connectivity index is 2.38. The van der Waals surface area contributed by atoms with Gasteiger partial charge < -0.3 is 10.8 Å². The van der Waals surface area contributed by atoms with E-state index in [2.05, 4.69) is 0 Å². The van der Waals surface area contributed by atoms with Gasteiger partial charge >= 0.3 is 5.97 Å². The number of carbonyl (C=O) groups excluding carboxylic acids is 1. The number of fused-ring (bicyclic) bond motifs is 1. The number of carbonyl (C=O) groups is 2. The van der Waals surface area contributed by atoms with Crippen LogP contribution in [0.25, 0.3) is 0 Å². The Morgan fingerprint density at radius 3 is 2.87 bits per heavy atom. The summed E-state index contributed by atoms with van der Waals surface area (Å²) < 4.78 is 0. The fraction of sp³-hybridized carbons (Fsp3) is 0.600. The van der Waals surface area contributed by atoms with Crippen LogP contribution in [0.5, 0.6) is 0 Å². The number of carboxylic acids is 1. The number of rotatable bonds is 2. The molecule has 2 atom stereocenters. The number of nitrogens with zero attached hydrogens (tertiary/aromatic N) is 1. The molecule has 0 aromatic rings. The lowest BCUT2D eigenvalue weighted by Crippen LogP contribution is -2.69. The summed E-state index contributed by atoms with van der Waals surface area (Å²) in [6.07, 6.45) is 2.19. The van der Waals surface area contributed by atoms with E-state index in [4.69, 9.17) is 10.8 Å². The largest absolute Gasteiger partial charge is 0.477 e. The minimum atomic E-state index is -1.02. The zero-order valence-corrected chi connectivity index (χ0v) is 8.56. The number of hydrogen-bond acceptors (Lipinski definition) is 3. The van der Waals surface area contributed by atoms with Crippen molar-refractivity contribution in [3.63, 3.8) is 0 Å². The van der Waals surface area contributed by atoms with Crippen LogP contribution < -0.4 is 5.73 Å². The molecule has 2 aliphatic rings. The molecule has 5 heteroatoms. The van der Waals surface area contributed by atoms with Crippen LogP contribution in [0.1, 0.15) is 26.2 Å². The van der Waals surface area contributed by atoms with Gasteiger partial charge in [0.05, 0.1) is 6.04 Å². The molecule has 1 fully saturated rings. The quantitative estimate of drug-likeness (QED) is 0.631. The Labute approximate surface area is 87.5 Å². The summed E-state index contributed by atoms with van der Waals surface area (Å²) in [6.45, 7) is 1.91. The Morgan fingerprint density at radius 2 is 2.33 bits per heavy atom. The Morgan fingerprint density at radius 1 is 1.67 bits per heavy atom. The maximum atomic E-state index is 11.5. The highest BCUT2D eigenvalue weighted by Gasteiger charge is 2.50. The van der Waals surface area contributed by atoms with Crippen LogP contribution in [0, 0.1) is 0 Å². The molecule has 82 valence electrons. The highest BCUT2D eigenvalue weighted by atomic mass is 16.4. The molecule has 2 heterocycles. The van der Waals surface area contributed by atoms with Crippen molar-refractivity contribution >= 4 is 11.9 Å². The minimum absolute atomic E-state index is 0.0982. The van der Waals surface area contributed by atoms with E-state index < -0.39 is 12.0 Å². The minimum Gasteiger partial charge on any atom is -0.477 e. The normalized spacial score (nSPS) is 30.0. The molecule has 2 aliphatic heterocycles. The van der Waals surface area contributed by atoms with Crippen molar-refractivity contribution in [1.29, 1.82) is 0 Å². The van der Waals surface area contributed by atoms with Crippen LogP contribution in [-0.4, -0.2) is 34.0 Å². The molecule has 1 saturated heterocycles. The average Bonchev–Trinajstić information content (AvgIpc) is 2.25. The highest BCUT2D eigenvalue weighted by Crippen LogP contribution is 2.36. The lowest BCUT2D eigenvalue weighted by atomic mass is 9.83. The third kappa shape index (κ3) is 1.26. The lowest BCUT2D eigenvalue weighted by Gasteiger charge is -2.48. The summed E-state index contributed by atoms with van der Waals surface area (Å²) in [6, 6.07) is -0.600. The van der Waals surface area contributed by atoms with Gasteiger partial charge in [-0.05, 0) is 24.8 Å². The Bertz CT molecular complexity index is 362. The maximum Gasteiger partial charge on any atom is 0.352 e. The zero-order chi connectivity index (χ0) is 11.2. The first-order chi connectivity index (χ1) is 7.07. The number of hydrogen-bond donors (Lipinski definition) is 2. The molecule has 0 aromatic carbocycles. The lowest BCUT2D eigenvalue weighted by molar-refractivity contribution is -0.152. The molecule has 1 amide bonds. The SMILES string of the molecule is CCC1=C(C(=O)O)N2C(=O)[C@@H](N)[C@H]2CC1. The zero-order valence-electron chi connectivity index (χ0n) is 8.56. The smallest absolute Gasteiger partial charge is 0.352 e. The predicted octanol–water partition coefficient (Wildman–Crippen LogP) is 0.0670. The van der Waals surface area contributed by atoms with Crippen molar-refractivity contribution in [2.75, 3.05) is 0 Å². The molecule has 0 aliphatic carbocycles. The first-order valence-corrected chi connectivity index (χ1v) is 5.12. The van der Waals surface area contributed by atoms with Crippen LogP contribution in [0.15, 0.2) is 11.3 Å². The van der Waals surface area contributed by atoms with Crippen LogP contribution in [-0.2, 0) is 9.59 Å². The fourth-order valence-corrected chi connectivity index (χ4v) is 2.36. The van der Waals surface area contributed by atoms with E-state index >= 15 is 0 Å². The van der Waals surface area contributed by atoms with Gasteiger partial charge in [0, 0.05) is 0 Å². The van der Waals surface area contributed by atoms with Gasteiger partial charge in [-0.1, -0.05) is 6.92 Å². The molecule has 5 nitrogen and oxygen atoms in total. The summed E-state index contributed by atoms with van der Waals surface area (Å²) in [5.41, 5.74) is 6.63. The molecule has 0 bridgehead atoms. The van der Waals surface area contributed by atoms with Gasteiger partial charge in [-0.25, -0.2) is 4.79 Å². The van der Waals surface area contributed by atoms with Crippen LogP contribution >= 0.6 is 0 Å². The fourth-order valence-electron chi connectivity index (χ4n) is 2.36. The Hall–Kier alpha value is -1.36. The maximum absolute atomic E-state index is 11.5. The third-order valence-corrected chi connectivity index (χ3v) is 3.22. The van der Waals surface area contributed by atoms with E-state index in [1.54, 1.807) is 0 Å². The first-order valence-electron chi connectivity index (χ1n) is 5.12. The summed E-state index contributed by atoms with van der Waals surface area (Å²) in [5.74, 6) is -1.28. The molecule has 0 aromatic heterocycles. The molecule has 0 spiro atoms. The number of aliphatic carboxylic acids is 1. The van der Waals surface area contributed by atoms with Gasteiger partial charge in [0.25, 0.3) is 0 Å². The van der Waals surface area contributed by atoms with Gasteiger partial charge in [-0.3, -0.25) is 9.69 Å². The van der Waals surface area contributed by atoms with Crippen molar-refractivity contribution in [3.05, 3.63) is 11.3 Å². The van der Waals surface area contributed by atoms with Crippen molar-refractivity contribution < 1.29 is 14.7 Å². The van der Waals surface area contributed by atoms with Gasteiger partial charge in [-0.15, -0.1) is 0 Å². The number of allylic oxidation sites excluding steroid dienone is 1. The second-order valence-corrected chi connectivity index (χ2v) is 3.95.